The van der Waals surface area contributed by atoms with Crippen molar-refractivity contribution < 1.29 is 28.0 Å². The highest BCUT2D eigenvalue weighted by atomic mass is 19.3. The molecule has 0 aliphatic rings. The molecule has 6 nitrogen and oxygen atoms in total. The van der Waals surface area contributed by atoms with E-state index in [1.165, 1.54) is 0 Å². The molecule has 1 N–H and O–H groups in total. The third-order valence-electron chi connectivity index (χ3n) is 1.59. The number of nitro groups is 1. The van der Waals surface area contributed by atoms with Crippen molar-refractivity contribution in [2.75, 3.05) is 0 Å². The van der Waals surface area contributed by atoms with Crippen LogP contribution in [0.2, 0.25) is 0 Å². The van der Waals surface area contributed by atoms with Gasteiger partial charge in [-0.3, -0.25) is 10.1 Å². The highest BCUT2D eigenvalue weighted by Crippen LogP contribution is 2.27. The second kappa shape index (κ2) is 4.13. The number of aromatic nitrogens is 1. The van der Waals surface area contributed by atoms with Crippen molar-refractivity contribution >= 4 is 11.7 Å². The van der Waals surface area contributed by atoms with E-state index in [2.05, 4.69) is 4.98 Å². The number of pyridine rings is 1. The number of halogens is 3. The molecule has 0 aliphatic heterocycles. The third kappa shape index (κ3) is 2.07. The van der Waals surface area contributed by atoms with Gasteiger partial charge in [-0.05, 0) is 0 Å². The van der Waals surface area contributed by atoms with Crippen LogP contribution < -0.4 is 0 Å². The topological polar surface area (TPSA) is 93.3 Å². The Morgan fingerprint density at radius 3 is 2.50 bits per heavy atom. The second-order valence-corrected chi connectivity index (χ2v) is 2.59. The first-order valence-corrected chi connectivity index (χ1v) is 3.71. The molecular formula is C7H3F3N2O4. The van der Waals surface area contributed by atoms with Crippen LogP contribution in [0.3, 0.4) is 0 Å². The molecule has 0 atom stereocenters. The first-order valence-electron chi connectivity index (χ1n) is 3.71. The van der Waals surface area contributed by atoms with Crippen LogP contribution in [0.15, 0.2) is 6.07 Å². The quantitative estimate of drug-likeness (QED) is 0.637. The maximum atomic E-state index is 13.0. The van der Waals surface area contributed by atoms with E-state index in [4.69, 9.17) is 5.11 Å². The fourth-order valence-electron chi connectivity index (χ4n) is 0.922. The van der Waals surface area contributed by atoms with Gasteiger partial charge in [0.25, 0.3) is 6.43 Å². The van der Waals surface area contributed by atoms with Gasteiger partial charge in [0.1, 0.15) is 0 Å². The summed E-state index contributed by atoms with van der Waals surface area (Å²) in [6.45, 7) is 0. The molecule has 0 aromatic carbocycles. The molecule has 0 amide bonds. The number of aromatic carboxylic acids is 1. The van der Waals surface area contributed by atoms with Gasteiger partial charge in [-0.1, -0.05) is 0 Å². The van der Waals surface area contributed by atoms with Crippen LogP contribution in [-0.2, 0) is 0 Å². The van der Waals surface area contributed by atoms with E-state index in [1.54, 1.807) is 0 Å². The lowest BCUT2D eigenvalue weighted by molar-refractivity contribution is -0.387. The van der Waals surface area contributed by atoms with E-state index in [0.29, 0.717) is 0 Å². The van der Waals surface area contributed by atoms with Crippen LogP contribution in [0.1, 0.15) is 22.6 Å². The summed E-state index contributed by atoms with van der Waals surface area (Å²) in [4.78, 5) is 22.2. The zero-order chi connectivity index (χ0) is 12.5. The second-order valence-electron chi connectivity index (χ2n) is 2.59. The van der Waals surface area contributed by atoms with Crippen LogP contribution in [0.4, 0.5) is 18.9 Å². The standard InChI is InChI=1S/C7H3F3N2O4/c8-4-3(12(15)16)1-2(7(13)14)11-5(4)6(9)10/h1,6H,(H,13,14). The predicted molar refractivity (Wildman–Crippen MR) is 42.8 cm³/mol. The maximum Gasteiger partial charge on any atom is 0.354 e. The number of rotatable bonds is 3. The third-order valence-corrected chi connectivity index (χ3v) is 1.59. The molecule has 0 fully saturated rings. The Hall–Kier alpha value is -2.19. The summed E-state index contributed by atoms with van der Waals surface area (Å²) in [5.74, 6) is -3.59. The summed E-state index contributed by atoms with van der Waals surface area (Å²) in [7, 11) is 0. The summed E-state index contributed by atoms with van der Waals surface area (Å²) in [6, 6.07) is 0.281. The number of hydrogen-bond acceptors (Lipinski definition) is 4. The lowest BCUT2D eigenvalue weighted by Crippen LogP contribution is -2.08. The van der Waals surface area contributed by atoms with Crippen LogP contribution >= 0.6 is 0 Å². The van der Waals surface area contributed by atoms with Crippen molar-refractivity contribution in [3.63, 3.8) is 0 Å². The number of carboxylic acids is 1. The summed E-state index contributed by atoms with van der Waals surface area (Å²) in [5.41, 5.74) is -3.90. The molecule has 16 heavy (non-hydrogen) atoms. The smallest absolute Gasteiger partial charge is 0.354 e. The van der Waals surface area contributed by atoms with E-state index in [1.807, 2.05) is 0 Å². The Kier molecular flexibility index (Phi) is 3.06. The fourth-order valence-corrected chi connectivity index (χ4v) is 0.922. The number of carbonyl (C=O) groups is 1. The summed E-state index contributed by atoms with van der Waals surface area (Å²) in [6.07, 6.45) is -3.43. The lowest BCUT2D eigenvalue weighted by atomic mass is 10.2. The van der Waals surface area contributed by atoms with E-state index in [-0.39, 0.29) is 6.07 Å². The van der Waals surface area contributed by atoms with Gasteiger partial charge in [0.05, 0.1) is 11.0 Å². The van der Waals surface area contributed by atoms with Crippen LogP contribution in [0.5, 0.6) is 0 Å². The summed E-state index contributed by atoms with van der Waals surface area (Å²) < 4.78 is 37.4. The zero-order valence-electron chi connectivity index (χ0n) is 7.35. The molecule has 1 heterocycles. The molecule has 0 bridgehead atoms. The Bertz CT molecular complexity index is 463. The first-order chi connectivity index (χ1) is 7.34. The van der Waals surface area contributed by atoms with Gasteiger partial charge < -0.3 is 5.11 Å². The van der Waals surface area contributed by atoms with Gasteiger partial charge in [0.2, 0.25) is 5.82 Å². The number of nitrogens with zero attached hydrogens (tertiary/aromatic N) is 2. The molecular weight excluding hydrogens is 233 g/mol. The Morgan fingerprint density at radius 1 is 1.56 bits per heavy atom. The number of alkyl halides is 2. The molecule has 1 rings (SSSR count). The van der Waals surface area contributed by atoms with Crippen molar-refractivity contribution in [2.24, 2.45) is 0 Å². The van der Waals surface area contributed by atoms with Crippen LogP contribution in [0.25, 0.3) is 0 Å². The minimum Gasteiger partial charge on any atom is -0.477 e. The zero-order valence-corrected chi connectivity index (χ0v) is 7.35. The summed E-state index contributed by atoms with van der Waals surface area (Å²) in [5, 5.41) is 18.7. The van der Waals surface area contributed by atoms with Crippen molar-refractivity contribution in [3.05, 3.63) is 33.4 Å². The van der Waals surface area contributed by atoms with Crippen LogP contribution in [-0.4, -0.2) is 21.0 Å². The van der Waals surface area contributed by atoms with E-state index < -0.39 is 40.2 Å². The van der Waals surface area contributed by atoms with Crippen molar-refractivity contribution in [1.82, 2.24) is 4.98 Å². The monoisotopic (exact) mass is 236 g/mol. The van der Waals surface area contributed by atoms with E-state index in [9.17, 15) is 28.1 Å². The Morgan fingerprint density at radius 2 is 2.12 bits per heavy atom. The largest absolute Gasteiger partial charge is 0.477 e. The first kappa shape index (κ1) is 11.9. The Labute approximate surface area is 85.5 Å². The van der Waals surface area contributed by atoms with Gasteiger partial charge in [-0.25, -0.2) is 18.6 Å². The maximum absolute atomic E-state index is 13.0. The molecule has 0 unspecified atom stereocenters. The molecule has 0 aliphatic carbocycles. The van der Waals surface area contributed by atoms with Gasteiger partial charge in [-0.15, -0.1) is 0 Å². The molecule has 1 aromatic heterocycles. The van der Waals surface area contributed by atoms with Crippen LogP contribution in [0, 0.1) is 15.9 Å². The molecule has 1 aromatic rings. The summed E-state index contributed by atoms with van der Waals surface area (Å²) >= 11 is 0. The molecule has 0 spiro atoms. The van der Waals surface area contributed by atoms with Crippen molar-refractivity contribution in [3.8, 4) is 0 Å². The minimum atomic E-state index is -3.43. The lowest BCUT2D eigenvalue weighted by Gasteiger charge is -2.03. The molecule has 0 radical (unpaired) electrons. The van der Waals surface area contributed by atoms with Gasteiger partial charge >= 0.3 is 11.7 Å². The fraction of sp³-hybridized carbons (Fsp3) is 0.143. The SMILES string of the molecule is O=C(O)c1cc([N+](=O)[O-])c(F)c(C(F)F)n1. The minimum absolute atomic E-state index is 0.281. The molecule has 86 valence electrons. The average Bonchev–Trinajstić information content (AvgIpc) is 2.16. The molecule has 9 heteroatoms. The average molecular weight is 236 g/mol. The number of hydrogen-bond donors (Lipinski definition) is 1. The van der Waals surface area contributed by atoms with Gasteiger partial charge in [0.15, 0.2) is 11.4 Å². The highest BCUT2D eigenvalue weighted by molar-refractivity contribution is 5.86. The van der Waals surface area contributed by atoms with Crippen molar-refractivity contribution in [1.29, 1.82) is 0 Å². The van der Waals surface area contributed by atoms with Crippen molar-refractivity contribution in [2.45, 2.75) is 6.43 Å². The highest BCUT2D eigenvalue weighted by Gasteiger charge is 2.28. The Balaban J connectivity index is 3.51. The molecule has 0 saturated heterocycles. The van der Waals surface area contributed by atoms with Gasteiger partial charge in [0, 0.05) is 0 Å². The van der Waals surface area contributed by atoms with Gasteiger partial charge in [-0.2, -0.15) is 4.39 Å². The predicted octanol–water partition coefficient (Wildman–Crippen LogP) is 1.76. The van der Waals surface area contributed by atoms with E-state index in [0.717, 1.165) is 0 Å². The number of carboxylic acid groups (broad SMARTS) is 1. The normalized spacial score (nSPS) is 10.5. The van der Waals surface area contributed by atoms with E-state index >= 15 is 0 Å². The molecule has 0 saturated carbocycles.